The highest BCUT2D eigenvalue weighted by atomic mass is 32.1. The fourth-order valence-electron chi connectivity index (χ4n) is 3.45. The minimum Gasteiger partial charge on any atom is -0.351 e. The first-order valence-electron chi connectivity index (χ1n) is 8.71. The molecule has 3 aromatic rings. The van der Waals surface area contributed by atoms with E-state index in [0.29, 0.717) is 19.0 Å². The number of nitrogens with one attached hydrogen (secondary N) is 1. The summed E-state index contributed by atoms with van der Waals surface area (Å²) in [4.78, 5) is 20.1. The molecule has 128 valence electrons. The summed E-state index contributed by atoms with van der Waals surface area (Å²) >= 11 is 1.69. The van der Waals surface area contributed by atoms with Crippen molar-refractivity contribution in [3.63, 3.8) is 0 Å². The maximum atomic E-state index is 13.1. The second-order valence-electron chi connectivity index (χ2n) is 6.37. The van der Waals surface area contributed by atoms with Crippen LogP contribution in [-0.4, -0.2) is 9.55 Å². The molecular formula is C20H21N3OS. The number of hydrogen-bond donors (Lipinski definition) is 1. The predicted molar refractivity (Wildman–Crippen MR) is 104 cm³/mol. The van der Waals surface area contributed by atoms with Crippen LogP contribution in [0.2, 0.25) is 0 Å². The van der Waals surface area contributed by atoms with Crippen LogP contribution < -0.4 is 10.9 Å². The van der Waals surface area contributed by atoms with Crippen LogP contribution in [0.1, 0.15) is 28.8 Å². The normalized spacial score (nSPS) is 13.6. The molecule has 0 spiro atoms. The number of thiophene rings is 1. The summed E-state index contributed by atoms with van der Waals surface area (Å²) in [5.41, 5.74) is 2.45. The molecule has 4 rings (SSSR count). The Balaban J connectivity index is 1.78. The Bertz CT molecular complexity index is 972. The van der Waals surface area contributed by atoms with Crippen molar-refractivity contribution in [1.29, 1.82) is 0 Å². The molecule has 0 saturated heterocycles. The smallest absolute Gasteiger partial charge is 0.264 e. The number of benzene rings is 1. The molecular weight excluding hydrogens is 330 g/mol. The first-order valence-corrected chi connectivity index (χ1v) is 9.53. The van der Waals surface area contributed by atoms with E-state index < -0.39 is 0 Å². The molecule has 5 heteroatoms. The van der Waals surface area contributed by atoms with Crippen LogP contribution in [0.25, 0.3) is 10.2 Å². The summed E-state index contributed by atoms with van der Waals surface area (Å²) in [6.45, 7) is 4.90. The van der Waals surface area contributed by atoms with E-state index >= 15 is 0 Å². The fourth-order valence-corrected chi connectivity index (χ4v) is 4.70. The number of aromatic nitrogens is 2. The van der Waals surface area contributed by atoms with Gasteiger partial charge in [0, 0.05) is 18.0 Å². The Morgan fingerprint density at radius 2 is 2.04 bits per heavy atom. The summed E-state index contributed by atoms with van der Waals surface area (Å²) in [5, 5.41) is 4.16. The third-order valence-electron chi connectivity index (χ3n) is 4.68. The molecule has 1 aliphatic rings. The van der Waals surface area contributed by atoms with E-state index in [1.807, 2.05) is 18.2 Å². The van der Waals surface area contributed by atoms with Crippen LogP contribution in [0, 0.1) is 0 Å². The lowest BCUT2D eigenvalue weighted by Gasteiger charge is -2.13. The number of anilines is 1. The van der Waals surface area contributed by atoms with Gasteiger partial charge in [0.25, 0.3) is 5.56 Å². The van der Waals surface area contributed by atoms with E-state index in [1.165, 1.54) is 16.9 Å². The van der Waals surface area contributed by atoms with Crippen LogP contribution >= 0.6 is 11.3 Å². The zero-order chi connectivity index (χ0) is 17.2. The summed E-state index contributed by atoms with van der Waals surface area (Å²) in [7, 11) is 0. The molecule has 1 aromatic carbocycles. The maximum absolute atomic E-state index is 13.1. The van der Waals surface area contributed by atoms with Crippen LogP contribution in [0.3, 0.4) is 0 Å². The Morgan fingerprint density at radius 1 is 1.24 bits per heavy atom. The summed E-state index contributed by atoms with van der Waals surface area (Å²) in [5.74, 6) is 0.625. The number of aryl methyl sites for hydroxylation is 2. The number of hydrogen-bond acceptors (Lipinski definition) is 4. The van der Waals surface area contributed by atoms with Crippen LogP contribution in [-0.2, 0) is 25.9 Å². The molecule has 0 fully saturated rings. The van der Waals surface area contributed by atoms with Crippen molar-refractivity contribution < 1.29 is 0 Å². The molecule has 2 aromatic heterocycles. The lowest BCUT2D eigenvalue weighted by Crippen LogP contribution is -2.25. The lowest BCUT2D eigenvalue weighted by molar-refractivity contribution is 0.698. The second-order valence-corrected chi connectivity index (χ2v) is 7.45. The lowest BCUT2D eigenvalue weighted by atomic mass is 9.97. The Morgan fingerprint density at radius 3 is 2.84 bits per heavy atom. The summed E-state index contributed by atoms with van der Waals surface area (Å²) in [6, 6.07) is 10.1. The standard InChI is InChI=1S/C20H21N3OS/c1-2-12-23-19(24)17-15-10-6-7-11-16(15)25-18(17)22-20(23)21-13-14-8-4-3-5-9-14/h2-5,8-9H,1,6-7,10-13H2,(H,21,22). The maximum Gasteiger partial charge on any atom is 0.264 e. The third kappa shape index (κ3) is 3.00. The molecule has 1 N–H and O–H groups in total. The molecule has 2 heterocycles. The van der Waals surface area contributed by atoms with Gasteiger partial charge in [-0.15, -0.1) is 17.9 Å². The van der Waals surface area contributed by atoms with Crippen molar-refractivity contribution in [3.05, 3.63) is 69.3 Å². The average molecular weight is 351 g/mol. The van der Waals surface area contributed by atoms with Crippen molar-refractivity contribution in [2.75, 3.05) is 5.32 Å². The molecule has 0 amide bonds. The molecule has 0 unspecified atom stereocenters. The highest BCUT2D eigenvalue weighted by Crippen LogP contribution is 2.34. The van der Waals surface area contributed by atoms with Crippen molar-refractivity contribution >= 4 is 27.5 Å². The van der Waals surface area contributed by atoms with Gasteiger partial charge in [0.2, 0.25) is 5.95 Å². The topological polar surface area (TPSA) is 46.9 Å². The SMILES string of the molecule is C=CCn1c(NCc2ccccc2)nc2sc3c(c2c1=O)CCCC3. The zero-order valence-corrected chi connectivity index (χ0v) is 14.9. The van der Waals surface area contributed by atoms with Crippen molar-refractivity contribution in [2.45, 2.75) is 38.8 Å². The van der Waals surface area contributed by atoms with Crippen LogP contribution in [0.15, 0.2) is 47.8 Å². The van der Waals surface area contributed by atoms with Gasteiger partial charge in [0.1, 0.15) is 4.83 Å². The van der Waals surface area contributed by atoms with E-state index in [2.05, 4.69) is 24.0 Å². The Hall–Kier alpha value is -2.40. The van der Waals surface area contributed by atoms with Crippen molar-refractivity contribution in [3.8, 4) is 0 Å². The van der Waals surface area contributed by atoms with Crippen LogP contribution in [0.5, 0.6) is 0 Å². The van der Waals surface area contributed by atoms with E-state index in [1.54, 1.807) is 22.0 Å². The van der Waals surface area contributed by atoms with Gasteiger partial charge in [-0.2, -0.15) is 0 Å². The summed E-state index contributed by atoms with van der Waals surface area (Å²) < 4.78 is 1.71. The Kier molecular flexibility index (Phi) is 4.40. The van der Waals surface area contributed by atoms with Gasteiger partial charge in [-0.05, 0) is 36.8 Å². The molecule has 4 nitrogen and oxygen atoms in total. The van der Waals surface area contributed by atoms with Gasteiger partial charge in [-0.3, -0.25) is 9.36 Å². The Labute approximate surface area is 150 Å². The first-order chi connectivity index (χ1) is 12.3. The molecule has 0 bridgehead atoms. The van der Waals surface area contributed by atoms with E-state index in [4.69, 9.17) is 4.98 Å². The highest BCUT2D eigenvalue weighted by Gasteiger charge is 2.21. The average Bonchev–Trinajstić information content (AvgIpc) is 3.02. The number of nitrogens with zero attached hydrogens (tertiary/aromatic N) is 2. The highest BCUT2D eigenvalue weighted by molar-refractivity contribution is 7.18. The minimum absolute atomic E-state index is 0.0554. The van der Waals surface area contributed by atoms with Gasteiger partial charge in [-0.25, -0.2) is 4.98 Å². The van der Waals surface area contributed by atoms with Gasteiger partial charge >= 0.3 is 0 Å². The minimum atomic E-state index is 0.0554. The van der Waals surface area contributed by atoms with Gasteiger partial charge in [0.15, 0.2) is 0 Å². The predicted octanol–water partition coefficient (Wildman–Crippen LogP) is 4.13. The number of allylic oxidation sites excluding steroid dienone is 1. The van der Waals surface area contributed by atoms with Gasteiger partial charge < -0.3 is 5.32 Å². The van der Waals surface area contributed by atoms with E-state index in [0.717, 1.165) is 35.0 Å². The van der Waals surface area contributed by atoms with Crippen molar-refractivity contribution in [2.24, 2.45) is 0 Å². The monoisotopic (exact) mass is 351 g/mol. The molecule has 1 aliphatic carbocycles. The fraction of sp³-hybridized carbons (Fsp3) is 0.300. The first kappa shape index (κ1) is 16.1. The molecule has 0 radical (unpaired) electrons. The summed E-state index contributed by atoms with van der Waals surface area (Å²) in [6.07, 6.45) is 6.19. The van der Waals surface area contributed by atoms with Crippen molar-refractivity contribution in [1.82, 2.24) is 9.55 Å². The zero-order valence-electron chi connectivity index (χ0n) is 14.1. The molecule has 25 heavy (non-hydrogen) atoms. The van der Waals surface area contributed by atoms with E-state index in [-0.39, 0.29) is 5.56 Å². The molecule has 0 saturated carbocycles. The number of fused-ring (bicyclic) bond motifs is 3. The number of rotatable bonds is 5. The van der Waals surface area contributed by atoms with Gasteiger partial charge in [0.05, 0.1) is 5.39 Å². The van der Waals surface area contributed by atoms with Gasteiger partial charge in [-0.1, -0.05) is 36.4 Å². The molecule has 0 aliphatic heterocycles. The second kappa shape index (κ2) is 6.84. The largest absolute Gasteiger partial charge is 0.351 e. The molecule has 0 atom stereocenters. The van der Waals surface area contributed by atoms with E-state index in [9.17, 15) is 4.79 Å². The van der Waals surface area contributed by atoms with Crippen LogP contribution in [0.4, 0.5) is 5.95 Å². The third-order valence-corrected chi connectivity index (χ3v) is 5.87. The quantitative estimate of drug-likeness (QED) is 0.703.